The molecule has 1 aliphatic heterocycles. The lowest BCUT2D eigenvalue weighted by Crippen LogP contribution is -2.53. The Morgan fingerprint density at radius 2 is 1.62 bits per heavy atom. The van der Waals surface area contributed by atoms with Crippen molar-refractivity contribution in [3.05, 3.63) is 95.8 Å². The van der Waals surface area contributed by atoms with Crippen LogP contribution in [0, 0.1) is 22.7 Å². The van der Waals surface area contributed by atoms with Gasteiger partial charge in [-0.25, -0.2) is 4.79 Å². The molecule has 0 aromatic heterocycles. The molecule has 1 heterocycles. The number of ether oxygens (including phenoxy) is 1. The van der Waals surface area contributed by atoms with Crippen molar-refractivity contribution < 1.29 is 27.8 Å². The zero-order valence-corrected chi connectivity index (χ0v) is 20.0. The van der Waals surface area contributed by atoms with Gasteiger partial charge in [-0.15, -0.1) is 13.2 Å². The second-order valence-electron chi connectivity index (χ2n) is 8.07. The Balaban J connectivity index is 2.26. The lowest BCUT2D eigenvalue weighted by atomic mass is 9.90. The smallest absolute Gasteiger partial charge is 0.406 e. The van der Waals surface area contributed by atoms with Crippen LogP contribution in [0.1, 0.15) is 31.4 Å². The molecule has 190 valence electrons. The van der Waals surface area contributed by atoms with E-state index in [-0.39, 0.29) is 17.7 Å². The van der Waals surface area contributed by atoms with E-state index in [4.69, 9.17) is 10.5 Å². The number of hydrogen-bond donors (Lipinski definition) is 1. The summed E-state index contributed by atoms with van der Waals surface area (Å²) < 4.78 is 42.5. The summed E-state index contributed by atoms with van der Waals surface area (Å²) in [5.41, 5.74) is -1.01. The monoisotopic (exact) mass is 508 g/mol. The van der Waals surface area contributed by atoms with Crippen molar-refractivity contribution in [2.75, 3.05) is 9.80 Å². The van der Waals surface area contributed by atoms with Gasteiger partial charge >= 0.3 is 12.4 Å². The van der Waals surface area contributed by atoms with E-state index in [0.29, 0.717) is 16.8 Å². The van der Waals surface area contributed by atoms with E-state index in [0.717, 1.165) is 11.0 Å². The van der Waals surface area contributed by atoms with Gasteiger partial charge in [0.05, 0.1) is 29.3 Å². The van der Waals surface area contributed by atoms with Crippen molar-refractivity contribution in [3.63, 3.8) is 0 Å². The van der Waals surface area contributed by atoms with Gasteiger partial charge < -0.3 is 9.84 Å². The van der Waals surface area contributed by atoms with Crippen LogP contribution in [0.3, 0.4) is 0 Å². The second kappa shape index (κ2) is 10.6. The van der Waals surface area contributed by atoms with Crippen molar-refractivity contribution in [2.24, 2.45) is 0 Å². The Hall–Kier alpha value is -4.54. The fourth-order valence-electron chi connectivity index (χ4n) is 4.29. The molecule has 1 saturated heterocycles. The SMILES string of the molecule is C=C(/C=C(\C=C/C)C1(O)C(CC)N(c2ccc(C#N)cc2)C(=O)N1c1ccc(C#N)cc1)OC(F)(F)F. The number of nitriles is 2. The summed E-state index contributed by atoms with van der Waals surface area (Å²) in [5.74, 6) is -0.784. The number of carbonyl (C=O) groups excluding carboxylic acids is 1. The molecule has 2 amide bonds. The summed E-state index contributed by atoms with van der Waals surface area (Å²) in [6, 6.07) is 14.3. The minimum atomic E-state index is -5.01. The van der Waals surface area contributed by atoms with Gasteiger partial charge in [0.25, 0.3) is 0 Å². The largest absolute Gasteiger partial charge is 0.573 e. The maximum Gasteiger partial charge on any atom is 0.573 e. The van der Waals surface area contributed by atoms with Crippen LogP contribution in [0.4, 0.5) is 29.3 Å². The van der Waals surface area contributed by atoms with Crippen LogP contribution >= 0.6 is 0 Å². The Bertz CT molecular complexity index is 1320. The number of allylic oxidation sites excluding steroid dienone is 2. The van der Waals surface area contributed by atoms with Crippen molar-refractivity contribution >= 4 is 17.4 Å². The normalized spacial score (nSPS) is 20.2. The van der Waals surface area contributed by atoms with Crippen molar-refractivity contribution in [1.82, 2.24) is 0 Å². The number of amides is 2. The second-order valence-corrected chi connectivity index (χ2v) is 8.07. The molecule has 2 aromatic rings. The number of halogens is 3. The number of urea groups is 1. The van der Waals surface area contributed by atoms with Gasteiger partial charge in [0.15, 0.2) is 5.72 Å². The number of carbonyl (C=O) groups is 1. The Labute approximate surface area is 212 Å². The van der Waals surface area contributed by atoms with Crippen LogP contribution in [-0.2, 0) is 4.74 Å². The third-order valence-corrected chi connectivity index (χ3v) is 5.76. The van der Waals surface area contributed by atoms with E-state index in [9.17, 15) is 23.1 Å². The average molecular weight is 509 g/mol. The van der Waals surface area contributed by atoms with E-state index >= 15 is 0 Å². The van der Waals surface area contributed by atoms with Gasteiger partial charge in [0.2, 0.25) is 0 Å². The number of nitrogens with zero attached hydrogens (tertiary/aromatic N) is 4. The van der Waals surface area contributed by atoms with E-state index in [1.54, 1.807) is 26.0 Å². The molecule has 0 spiro atoms. The van der Waals surface area contributed by atoms with Gasteiger partial charge in [-0.2, -0.15) is 10.5 Å². The third kappa shape index (κ3) is 5.35. The lowest BCUT2D eigenvalue weighted by Gasteiger charge is -2.37. The molecule has 0 saturated carbocycles. The standard InChI is InChI=1S/C27H23F3N4O3/c1-4-6-21(15-18(3)37-27(28,29)30)26(36)24(5-2)33(22-11-7-19(16-31)8-12-22)25(35)34(26)23-13-9-20(17-32)10-14-23/h4,6-15,24,36H,3,5H2,1-2H3/b6-4-,21-15+. The zero-order chi connectivity index (χ0) is 27.4. The molecule has 2 unspecified atom stereocenters. The van der Waals surface area contributed by atoms with Crippen LogP contribution in [-0.4, -0.2) is 29.3 Å². The predicted molar refractivity (Wildman–Crippen MR) is 131 cm³/mol. The topological polar surface area (TPSA) is 101 Å². The summed E-state index contributed by atoms with van der Waals surface area (Å²) in [6.07, 6.45) is -1.00. The molecule has 0 radical (unpaired) electrons. The molecular formula is C27H23F3N4O3. The highest BCUT2D eigenvalue weighted by Gasteiger charge is 2.58. The zero-order valence-electron chi connectivity index (χ0n) is 20.0. The Kier molecular flexibility index (Phi) is 7.76. The summed E-state index contributed by atoms with van der Waals surface area (Å²) in [7, 11) is 0. The van der Waals surface area contributed by atoms with Crippen molar-refractivity contribution in [2.45, 2.75) is 38.4 Å². The molecular weight excluding hydrogens is 485 g/mol. The molecule has 0 aliphatic carbocycles. The molecule has 1 N–H and O–H groups in total. The first-order valence-electron chi connectivity index (χ1n) is 11.2. The van der Waals surface area contributed by atoms with Gasteiger partial charge in [-0.1, -0.05) is 25.7 Å². The highest BCUT2D eigenvalue weighted by molar-refractivity contribution is 6.09. The number of anilines is 2. The van der Waals surface area contributed by atoms with Crippen LogP contribution in [0.25, 0.3) is 0 Å². The van der Waals surface area contributed by atoms with Crippen LogP contribution in [0.5, 0.6) is 0 Å². The van der Waals surface area contributed by atoms with Crippen LogP contribution < -0.4 is 9.80 Å². The van der Waals surface area contributed by atoms with Gasteiger partial charge in [-0.3, -0.25) is 9.80 Å². The first-order valence-corrected chi connectivity index (χ1v) is 11.2. The number of alkyl halides is 3. The maximum atomic E-state index is 13.9. The fraction of sp³-hybridized carbons (Fsp3) is 0.222. The highest BCUT2D eigenvalue weighted by Crippen LogP contribution is 2.44. The highest BCUT2D eigenvalue weighted by atomic mass is 19.4. The minimum absolute atomic E-state index is 0.0787. The summed E-state index contributed by atoms with van der Waals surface area (Å²) in [6.45, 7) is 6.63. The summed E-state index contributed by atoms with van der Waals surface area (Å²) in [5, 5.41) is 30.6. The molecule has 0 bridgehead atoms. The number of hydrogen-bond acceptors (Lipinski definition) is 5. The number of aliphatic hydroxyl groups is 1. The van der Waals surface area contributed by atoms with Crippen molar-refractivity contribution in [1.29, 1.82) is 10.5 Å². The fourth-order valence-corrected chi connectivity index (χ4v) is 4.29. The minimum Gasteiger partial charge on any atom is -0.406 e. The number of rotatable bonds is 7. The summed E-state index contributed by atoms with van der Waals surface area (Å²) in [4.78, 5) is 16.3. The van der Waals surface area contributed by atoms with Crippen LogP contribution in [0.2, 0.25) is 0 Å². The van der Waals surface area contributed by atoms with E-state index in [2.05, 4.69) is 11.3 Å². The van der Waals surface area contributed by atoms with E-state index in [1.807, 2.05) is 12.1 Å². The van der Waals surface area contributed by atoms with Crippen molar-refractivity contribution in [3.8, 4) is 12.1 Å². The average Bonchev–Trinajstić information content (AvgIpc) is 3.09. The van der Waals surface area contributed by atoms with E-state index < -0.39 is 29.9 Å². The molecule has 3 rings (SSSR count). The quantitative estimate of drug-likeness (QED) is 0.371. The Morgan fingerprint density at radius 3 is 2.05 bits per heavy atom. The molecule has 37 heavy (non-hydrogen) atoms. The molecule has 2 atom stereocenters. The molecule has 1 fully saturated rings. The maximum absolute atomic E-state index is 13.9. The predicted octanol–water partition coefficient (Wildman–Crippen LogP) is 5.90. The lowest BCUT2D eigenvalue weighted by molar-refractivity contribution is -0.303. The molecule has 2 aromatic carbocycles. The van der Waals surface area contributed by atoms with Gasteiger partial charge in [-0.05, 0) is 68.0 Å². The first kappa shape index (κ1) is 27.1. The summed E-state index contributed by atoms with van der Waals surface area (Å²) >= 11 is 0. The Morgan fingerprint density at radius 1 is 1.11 bits per heavy atom. The molecule has 10 heteroatoms. The van der Waals surface area contributed by atoms with E-state index in [1.165, 1.54) is 53.5 Å². The number of benzene rings is 2. The molecule has 7 nitrogen and oxygen atoms in total. The molecule has 1 aliphatic rings. The third-order valence-electron chi connectivity index (χ3n) is 5.76. The van der Waals surface area contributed by atoms with Gasteiger partial charge in [0, 0.05) is 16.9 Å². The van der Waals surface area contributed by atoms with Gasteiger partial charge in [0.1, 0.15) is 5.76 Å². The van der Waals surface area contributed by atoms with Crippen LogP contribution in [0.15, 0.2) is 84.7 Å². The first-order chi connectivity index (χ1) is 17.5.